The molecule has 0 spiro atoms. The molecule has 58 valence electrons. The summed E-state index contributed by atoms with van der Waals surface area (Å²) in [5, 5.41) is 0. The van der Waals surface area contributed by atoms with Crippen LogP contribution in [0, 0.1) is 0 Å². The van der Waals surface area contributed by atoms with Gasteiger partial charge in [0.1, 0.15) is 0 Å². The lowest BCUT2D eigenvalue weighted by Crippen LogP contribution is -2.16. The molecule has 0 saturated heterocycles. The van der Waals surface area contributed by atoms with E-state index in [0.29, 0.717) is 12.8 Å². The van der Waals surface area contributed by atoms with Gasteiger partial charge in [-0.15, -0.1) is 6.58 Å². The van der Waals surface area contributed by atoms with Gasteiger partial charge in [-0.25, -0.2) is 0 Å². The summed E-state index contributed by atoms with van der Waals surface area (Å²) in [6, 6.07) is 0. The Hall–Kier alpha value is -0.730. The number of allylic oxidation sites excluding steroid dienone is 1. The van der Waals surface area contributed by atoms with Crippen LogP contribution in [-0.2, 0) is 4.79 Å². The second-order valence-electron chi connectivity index (χ2n) is 2.06. The summed E-state index contributed by atoms with van der Waals surface area (Å²) < 4.78 is 24.1. The van der Waals surface area contributed by atoms with Gasteiger partial charge in [0.2, 0.25) is 0 Å². The molecule has 0 atom stereocenters. The van der Waals surface area contributed by atoms with E-state index in [9.17, 15) is 13.6 Å². The topological polar surface area (TPSA) is 17.1 Å². The third-order valence-electron chi connectivity index (χ3n) is 1.09. The highest BCUT2D eigenvalue weighted by molar-refractivity contribution is 5.59. The molecule has 0 aliphatic rings. The summed E-state index contributed by atoms with van der Waals surface area (Å²) in [5.41, 5.74) is 0. The minimum atomic E-state index is -3.14. The van der Waals surface area contributed by atoms with Crippen molar-refractivity contribution < 1.29 is 13.6 Å². The number of carbonyl (C=O) groups excluding carboxylic acids is 1. The molecule has 0 aromatic carbocycles. The van der Waals surface area contributed by atoms with Crippen molar-refractivity contribution in [2.75, 3.05) is 0 Å². The number of halogens is 2. The minimum Gasteiger partial charge on any atom is -0.297 e. The zero-order valence-electron chi connectivity index (χ0n) is 5.65. The summed E-state index contributed by atoms with van der Waals surface area (Å²) in [6.45, 7) is 3.37. The lowest BCUT2D eigenvalue weighted by Gasteiger charge is -2.05. The monoisotopic (exact) mass is 148 g/mol. The Bertz CT molecular complexity index is 121. The summed E-state index contributed by atoms with van der Waals surface area (Å²) in [6.07, 6.45) is 1.72. The maximum absolute atomic E-state index is 12.1. The van der Waals surface area contributed by atoms with Gasteiger partial charge in [0.05, 0.1) is 0 Å². The van der Waals surface area contributed by atoms with Gasteiger partial charge in [-0.2, -0.15) is 8.78 Å². The number of unbranched alkanes of at least 4 members (excludes halogenated alkanes) is 1. The van der Waals surface area contributed by atoms with Gasteiger partial charge in [-0.1, -0.05) is 6.08 Å². The SMILES string of the molecule is C=CCCCC(F)(F)C=O. The first-order valence-electron chi connectivity index (χ1n) is 3.07. The van der Waals surface area contributed by atoms with E-state index in [-0.39, 0.29) is 12.7 Å². The molecule has 0 N–H and O–H groups in total. The van der Waals surface area contributed by atoms with Gasteiger partial charge in [0.15, 0.2) is 6.29 Å². The molecule has 0 heterocycles. The molecule has 10 heavy (non-hydrogen) atoms. The first-order valence-corrected chi connectivity index (χ1v) is 3.07. The standard InChI is InChI=1S/C7H10F2O/c1-2-3-4-5-7(8,9)6-10/h2,6H,1,3-5H2. The molecule has 0 aliphatic heterocycles. The lowest BCUT2D eigenvalue weighted by atomic mass is 10.1. The number of hydrogen-bond donors (Lipinski definition) is 0. The second-order valence-corrected chi connectivity index (χ2v) is 2.06. The Balaban J connectivity index is 3.46. The molecule has 3 heteroatoms. The predicted molar refractivity (Wildman–Crippen MR) is 35.1 cm³/mol. The number of hydrogen-bond acceptors (Lipinski definition) is 1. The van der Waals surface area contributed by atoms with Gasteiger partial charge >= 0.3 is 5.92 Å². The molecule has 0 aliphatic carbocycles. The summed E-state index contributed by atoms with van der Waals surface area (Å²) in [7, 11) is 0. The molecule has 0 rings (SSSR count). The van der Waals surface area contributed by atoms with Crippen molar-refractivity contribution in [3.8, 4) is 0 Å². The highest BCUT2D eigenvalue weighted by Gasteiger charge is 2.26. The van der Waals surface area contributed by atoms with Crippen LogP contribution >= 0.6 is 0 Å². The van der Waals surface area contributed by atoms with Gasteiger partial charge in [-0.3, -0.25) is 4.79 Å². The van der Waals surface area contributed by atoms with Gasteiger partial charge < -0.3 is 0 Å². The fourth-order valence-electron chi connectivity index (χ4n) is 0.541. The number of carbonyl (C=O) groups is 1. The largest absolute Gasteiger partial charge is 0.302 e. The fourth-order valence-corrected chi connectivity index (χ4v) is 0.541. The molecular formula is C7H10F2O. The van der Waals surface area contributed by atoms with E-state index in [2.05, 4.69) is 6.58 Å². The number of alkyl halides is 2. The Labute approximate surface area is 58.7 Å². The Morgan fingerprint density at radius 1 is 1.50 bits per heavy atom. The molecule has 0 fully saturated rings. The first kappa shape index (κ1) is 9.27. The van der Waals surface area contributed by atoms with Crippen LogP contribution in [0.2, 0.25) is 0 Å². The van der Waals surface area contributed by atoms with Crippen molar-refractivity contribution in [1.29, 1.82) is 0 Å². The molecule has 0 aromatic heterocycles. The number of aldehydes is 1. The van der Waals surface area contributed by atoms with Gasteiger partial charge in [-0.05, 0) is 12.8 Å². The van der Waals surface area contributed by atoms with E-state index < -0.39 is 5.92 Å². The minimum absolute atomic E-state index is 0.309. The maximum Gasteiger partial charge on any atom is 0.302 e. The van der Waals surface area contributed by atoms with Crippen LogP contribution in [0.5, 0.6) is 0 Å². The highest BCUT2D eigenvalue weighted by Crippen LogP contribution is 2.17. The average molecular weight is 148 g/mol. The van der Waals surface area contributed by atoms with E-state index in [1.807, 2.05) is 0 Å². The number of rotatable bonds is 5. The van der Waals surface area contributed by atoms with Crippen LogP contribution in [0.1, 0.15) is 19.3 Å². The van der Waals surface area contributed by atoms with Crippen molar-refractivity contribution in [2.24, 2.45) is 0 Å². The van der Waals surface area contributed by atoms with Crippen molar-refractivity contribution in [3.05, 3.63) is 12.7 Å². The van der Waals surface area contributed by atoms with Crippen molar-refractivity contribution in [1.82, 2.24) is 0 Å². The molecule has 1 nitrogen and oxygen atoms in total. The zero-order valence-corrected chi connectivity index (χ0v) is 5.65. The van der Waals surface area contributed by atoms with Crippen LogP contribution in [0.4, 0.5) is 8.78 Å². The molecule has 0 bridgehead atoms. The van der Waals surface area contributed by atoms with E-state index in [4.69, 9.17) is 0 Å². The van der Waals surface area contributed by atoms with Crippen LogP contribution in [0.25, 0.3) is 0 Å². The second kappa shape index (κ2) is 4.14. The zero-order chi connectivity index (χ0) is 8.04. The highest BCUT2D eigenvalue weighted by atomic mass is 19.3. The van der Waals surface area contributed by atoms with Gasteiger partial charge in [0.25, 0.3) is 0 Å². The van der Waals surface area contributed by atoms with E-state index in [1.165, 1.54) is 0 Å². The molecule has 0 aromatic rings. The van der Waals surface area contributed by atoms with E-state index in [1.54, 1.807) is 6.08 Å². The van der Waals surface area contributed by atoms with Crippen molar-refractivity contribution in [2.45, 2.75) is 25.2 Å². The van der Waals surface area contributed by atoms with Crippen molar-refractivity contribution >= 4 is 6.29 Å². The maximum atomic E-state index is 12.1. The Kier molecular flexibility index (Phi) is 3.84. The molecule has 0 saturated carbocycles. The van der Waals surface area contributed by atoms with Gasteiger partial charge in [0, 0.05) is 6.42 Å². The van der Waals surface area contributed by atoms with Crippen LogP contribution in [0.3, 0.4) is 0 Å². The van der Waals surface area contributed by atoms with Crippen LogP contribution < -0.4 is 0 Å². The third-order valence-corrected chi connectivity index (χ3v) is 1.09. The quantitative estimate of drug-likeness (QED) is 0.332. The summed E-state index contributed by atoms with van der Waals surface area (Å²) in [5.74, 6) is -3.14. The molecule has 0 amide bonds. The van der Waals surface area contributed by atoms with Crippen LogP contribution in [-0.4, -0.2) is 12.2 Å². The third kappa shape index (κ3) is 4.18. The summed E-state index contributed by atoms with van der Waals surface area (Å²) >= 11 is 0. The average Bonchev–Trinajstić information content (AvgIpc) is 1.89. The van der Waals surface area contributed by atoms with Crippen LogP contribution in [0.15, 0.2) is 12.7 Å². The Morgan fingerprint density at radius 3 is 2.50 bits per heavy atom. The molecule has 0 unspecified atom stereocenters. The molecule has 0 radical (unpaired) electrons. The van der Waals surface area contributed by atoms with E-state index in [0.717, 1.165) is 0 Å². The van der Waals surface area contributed by atoms with E-state index >= 15 is 0 Å². The van der Waals surface area contributed by atoms with Crippen molar-refractivity contribution in [3.63, 3.8) is 0 Å². The normalized spacial score (nSPS) is 11.0. The Morgan fingerprint density at radius 2 is 2.10 bits per heavy atom. The first-order chi connectivity index (χ1) is 4.62. The smallest absolute Gasteiger partial charge is 0.297 e. The fraction of sp³-hybridized carbons (Fsp3) is 0.571. The lowest BCUT2D eigenvalue weighted by molar-refractivity contribution is -0.130. The predicted octanol–water partition coefficient (Wildman–Crippen LogP) is 2.18. The molecular weight excluding hydrogens is 138 g/mol. The summed E-state index contributed by atoms with van der Waals surface area (Å²) in [4.78, 5) is 9.64.